The molecule has 0 bridgehead atoms. The predicted octanol–water partition coefficient (Wildman–Crippen LogP) is 4.48. The van der Waals surface area contributed by atoms with Crippen molar-refractivity contribution < 1.29 is 19.1 Å². The van der Waals surface area contributed by atoms with Crippen LogP contribution < -0.4 is 4.74 Å². The summed E-state index contributed by atoms with van der Waals surface area (Å²) in [6, 6.07) is 14.4. The molecule has 148 valence electrons. The van der Waals surface area contributed by atoms with Crippen LogP contribution in [0.1, 0.15) is 42.1 Å². The second kappa shape index (κ2) is 9.60. The van der Waals surface area contributed by atoms with E-state index in [9.17, 15) is 9.59 Å². The fourth-order valence-corrected chi connectivity index (χ4v) is 3.39. The Balaban J connectivity index is 1.59. The van der Waals surface area contributed by atoms with E-state index in [0.29, 0.717) is 22.9 Å². The molecule has 2 aromatic carbocycles. The summed E-state index contributed by atoms with van der Waals surface area (Å²) in [7, 11) is 0. The first-order valence-corrected chi connectivity index (χ1v) is 9.85. The highest BCUT2D eigenvalue weighted by Gasteiger charge is 2.24. The number of amides is 1. The molecule has 1 aliphatic rings. The molecule has 1 aliphatic heterocycles. The smallest absolute Gasteiger partial charge is 0.342 e. The SMILES string of the molecule is C[C@H]1CCCCN1C(=O)COC(=O)c1ccccc1OCc1ccc(Cl)cc1. The van der Waals surface area contributed by atoms with Crippen LogP contribution in [0.25, 0.3) is 0 Å². The minimum absolute atomic E-state index is 0.153. The number of hydrogen-bond acceptors (Lipinski definition) is 4. The standard InChI is InChI=1S/C22H24ClNO4/c1-16-6-4-5-13-24(16)21(25)15-28-22(26)19-7-2-3-8-20(19)27-14-17-9-11-18(23)12-10-17/h2-3,7-12,16H,4-6,13-15H2,1H3/t16-/m0/s1. The monoisotopic (exact) mass is 401 g/mol. The number of esters is 1. The van der Waals surface area contributed by atoms with Crippen LogP contribution in [0.15, 0.2) is 48.5 Å². The van der Waals surface area contributed by atoms with Crippen molar-refractivity contribution in [2.45, 2.75) is 38.8 Å². The zero-order chi connectivity index (χ0) is 19.9. The summed E-state index contributed by atoms with van der Waals surface area (Å²) in [4.78, 5) is 26.7. The van der Waals surface area contributed by atoms with Crippen molar-refractivity contribution >= 4 is 23.5 Å². The van der Waals surface area contributed by atoms with E-state index in [2.05, 4.69) is 0 Å². The second-order valence-corrected chi connectivity index (χ2v) is 7.36. The van der Waals surface area contributed by atoms with Crippen LogP contribution in [-0.2, 0) is 16.1 Å². The van der Waals surface area contributed by atoms with Gasteiger partial charge < -0.3 is 14.4 Å². The van der Waals surface area contributed by atoms with E-state index < -0.39 is 5.97 Å². The van der Waals surface area contributed by atoms with Crippen LogP contribution in [0, 0.1) is 0 Å². The van der Waals surface area contributed by atoms with E-state index in [1.165, 1.54) is 0 Å². The van der Waals surface area contributed by atoms with Gasteiger partial charge in [-0.25, -0.2) is 4.79 Å². The topological polar surface area (TPSA) is 55.8 Å². The molecule has 0 aliphatic carbocycles. The van der Waals surface area contributed by atoms with Crippen molar-refractivity contribution in [3.8, 4) is 5.75 Å². The molecule has 6 heteroatoms. The molecule has 1 amide bonds. The van der Waals surface area contributed by atoms with Crippen molar-refractivity contribution in [3.05, 3.63) is 64.7 Å². The lowest BCUT2D eigenvalue weighted by atomic mass is 10.0. The molecule has 0 unspecified atom stereocenters. The van der Waals surface area contributed by atoms with E-state index in [4.69, 9.17) is 21.1 Å². The van der Waals surface area contributed by atoms with E-state index >= 15 is 0 Å². The first kappa shape index (κ1) is 20.2. The minimum atomic E-state index is -0.565. The van der Waals surface area contributed by atoms with E-state index in [1.54, 1.807) is 41.3 Å². The molecular weight excluding hydrogens is 378 g/mol. The van der Waals surface area contributed by atoms with Gasteiger partial charge in [0.25, 0.3) is 5.91 Å². The maximum absolute atomic E-state index is 12.5. The molecule has 3 rings (SSSR count). The Morgan fingerprint density at radius 1 is 1.11 bits per heavy atom. The predicted molar refractivity (Wildman–Crippen MR) is 108 cm³/mol. The third-order valence-corrected chi connectivity index (χ3v) is 5.12. The summed E-state index contributed by atoms with van der Waals surface area (Å²) in [5.74, 6) is -0.300. The molecule has 2 aromatic rings. The van der Waals surface area contributed by atoms with Gasteiger partial charge in [0.1, 0.15) is 17.9 Å². The maximum Gasteiger partial charge on any atom is 0.342 e. The Morgan fingerprint density at radius 2 is 1.86 bits per heavy atom. The molecule has 28 heavy (non-hydrogen) atoms. The third kappa shape index (κ3) is 5.26. The number of hydrogen-bond donors (Lipinski definition) is 0. The van der Waals surface area contributed by atoms with E-state index in [0.717, 1.165) is 31.4 Å². The molecule has 1 heterocycles. The van der Waals surface area contributed by atoms with Crippen LogP contribution in [0.2, 0.25) is 5.02 Å². The summed E-state index contributed by atoms with van der Waals surface area (Å²) in [6.45, 7) is 2.79. The number of piperidine rings is 1. The number of halogens is 1. The fourth-order valence-electron chi connectivity index (χ4n) is 3.26. The number of carbonyl (C=O) groups excluding carboxylic acids is 2. The summed E-state index contributed by atoms with van der Waals surface area (Å²) in [6.07, 6.45) is 3.11. The van der Waals surface area contributed by atoms with Crippen LogP contribution in [0.4, 0.5) is 0 Å². The molecule has 1 fully saturated rings. The molecule has 0 radical (unpaired) electrons. The van der Waals surface area contributed by atoms with Crippen LogP contribution in [0.5, 0.6) is 5.75 Å². The minimum Gasteiger partial charge on any atom is -0.488 e. The van der Waals surface area contributed by atoms with Gasteiger partial charge in [-0.3, -0.25) is 4.79 Å². The third-order valence-electron chi connectivity index (χ3n) is 4.86. The van der Waals surface area contributed by atoms with E-state index in [1.807, 2.05) is 19.1 Å². The largest absolute Gasteiger partial charge is 0.488 e. The number of rotatable bonds is 6. The van der Waals surface area contributed by atoms with Crippen molar-refractivity contribution in [1.29, 1.82) is 0 Å². The number of nitrogens with zero attached hydrogens (tertiary/aromatic N) is 1. The normalized spacial score (nSPS) is 16.5. The van der Waals surface area contributed by atoms with Crippen molar-refractivity contribution in [2.75, 3.05) is 13.2 Å². The van der Waals surface area contributed by atoms with Gasteiger partial charge >= 0.3 is 5.97 Å². The molecule has 5 nitrogen and oxygen atoms in total. The number of benzene rings is 2. The Bertz CT molecular complexity index is 822. The van der Waals surface area contributed by atoms with Crippen LogP contribution in [-0.4, -0.2) is 36.0 Å². The zero-order valence-corrected chi connectivity index (χ0v) is 16.7. The summed E-state index contributed by atoms with van der Waals surface area (Å²) in [5.41, 5.74) is 1.23. The van der Waals surface area contributed by atoms with Gasteiger partial charge in [-0.05, 0) is 56.0 Å². The van der Waals surface area contributed by atoms with Crippen molar-refractivity contribution in [3.63, 3.8) is 0 Å². The molecule has 0 N–H and O–H groups in total. The highest BCUT2D eigenvalue weighted by atomic mass is 35.5. The Kier molecular flexibility index (Phi) is 6.93. The lowest BCUT2D eigenvalue weighted by molar-refractivity contribution is -0.137. The highest BCUT2D eigenvalue weighted by molar-refractivity contribution is 6.30. The Labute approximate surface area is 170 Å². The lowest BCUT2D eigenvalue weighted by Crippen LogP contribution is -2.44. The van der Waals surface area contributed by atoms with Gasteiger partial charge in [0.2, 0.25) is 0 Å². The zero-order valence-electron chi connectivity index (χ0n) is 15.9. The van der Waals surface area contributed by atoms with Crippen molar-refractivity contribution in [1.82, 2.24) is 4.90 Å². The summed E-state index contributed by atoms with van der Waals surface area (Å²) >= 11 is 5.89. The van der Waals surface area contributed by atoms with Crippen LogP contribution in [0.3, 0.4) is 0 Å². The van der Waals surface area contributed by atoms with E-state index in [-0.39, 0.29) is 18.6 Å². The Morgan fingerprint density at radius 3 is 2.61 bits per heavy atom. The molecule has 1 saturated heterocycles. The summed E-state index contributed by atoms with van der Waals surface area (Å²) < 4.78 is 11.1. The van der Waals surface area contributed by atoms with Gasteiger partial charge in [-0.1, -0.05) is 35.9 Å². The van der Waals surface area contributed by atoms with Gasteiger partial charge in [-0.15, -0.1) is 0 Å². The first-order chi connectivity index (χ1) is 13.5. The average Bonchev–Trinajstić information content (AvgIpc) is 2.72. The lowest BCUT2D eigenvalue weighted by Gasteiger charge is -2.33. The quantitative estimate of drug-likeness (QED) is 0.670. The average molecular weight is 402 g/mol. The molecule has 0 aromatic heterocycles. The number of likely N-dealkylation sites (tertiary alicyclic amines) is 1. The van der Waals surface area contributed by atoms with Gasteiger partial charge in [-0.2, -0.15) is 0 Å². The number of ether oxygens (including phenoxy) is 2. The number of para-hydroxylation sites is 1. The molecule has 0 spiro atoms. The molecular formula is C22H24ClNO4. The highest BCUT2D eigenvalue weighted by Crippen LogP contribution is 2.21. The second-order valence-electron chi connectivity index (χ2n) is 6.92. The first-order valence-electron chi connectivity index (χ1n) is 9.47. The van der Waals surface area contributed by atoms with Gasteiger partial charge in [0.05, 0.1) is 0 Å². The van der Waals surface area contributed by atoms with Crippen molar-refractivity contribution in [2.24, 2.45) is 0 Å². The Hall–Kier alpha value is -2.53. The number of carbonyl (C=O) groups is 2. The van der Waals surface area contributed by atoms with Crippen LogP contribution >= 0.6 is 11.6 Å². The van der Waals surface area contributed by atoms with Gasteiger partial charge in [0.15, 0.2) is 6.61 Å². The maximum atomic E-state index is 12.5. The molecule has 0 saturated carbocycles. The summed E-state index contributed by atoms with van der Waals surface area (Å²) in [5, 5.41) is 0.653. The molecule has 1 atom stereocenters. The fraction of sp³-hybridized carbons (Fsp3) is 0.364. The van der Waals surface area contributed by atoms with Gasteiger partial charge in [0, 0.05) is 17.6 Å².